The zero-order valence-electron chi connectivity index (χ0n) is 11.7. The van der Waals surface area contributed by atoms with Crippen LogP contribution in [-0.4, -0.2) is 48.3 Å². The van der Waals surface area contributed by atoms with E-state index in [-0.39, 0.29) is 5.60 Å². The van der Waals surface area contributed by atoms with Gasteiger partial charge in [-0.2, -0.15) is 23.5 Å². The largest absolute Gasteiger partial charge is 0.375 e. The molecule has 2 nitrogen and oxygen atoms in total. The molecule has 0 aromatic heterocycles. The first-order valence-corrected chi connectivity index (χ1v) is 9.78. The van der Waals surface area contributed by atoms with Crippen LogP contribution in [0.5, 0.6) is 0 Å². The fourth-order valence-corrected chi connectivity index (χ4v) is 5.29. The smallest absolute Gasteiger partial charge is 0.0701 e. The van der Waals surface area contributed by atoms with Crippen LogP contribution in [0.15, 0.2) is 0 Å². The maximum atomic E-state index is 6.20. The molecule has 0 aromatic rings. The van der Waals surface area contributed by atoms with Gasteiger partial charge in [0, 0.05) is 18.4 Å². The molecule has 0 amide bonds. The first-order valence-electron chi connectivity index (χ1n) is 7.24. The second-order valence-electron chi connectivity index (χ2n) is 5.52. The highest BCUT2D eigenvalue weighted by Crippen LogP contribution is 2.40. The van der Waals surface area contributed by atoms with Crippen LogP contribution >= 0.6 is 23.5 Å². The summed E-state index contributed by atoms with van der Waals surface area (Å²) in [5.74, 6) is 4.64. The maximum Gasteiger partial charge on any atom is 0.0701 e. The third kappa shape index (κ3) is 3.81. The van der Waals surface area contributed by atoms with Crippen LogP contribution in [0.1, 0.15) is 32.6 Å². The molecule has 1 spiro atoms. The van der Waals surface area contributed by atoms with Crippen LogP contribution in [0.25, 0.3) is 0 Å². The van der Waals surface area contributed by atoms with Gasteiger partial charge in [-0.1, -0.05) is 6.92 Å². The van der Waals surface area contributed by atoms with Gasteiger partial charge in [-0.25, -0.2) is 0 Å². The van der Waals surface area contributed by atoms with Crippen molar-refractivity contribution in [3.05, 3.63) is 0 Å². The topological polar surface area (TPSA) is 21.3 Å². The third-order valence-electron chi connectivity index (χ3n) is 4.32. The normalized spacial score (nSPS) is 29.3. The van der Waals surface area contributed by atoms with Gasteiger partial charge in [0.05, 0.1) is 5.60 Å². The lowest BCUT2D eigenvalue weighted by atomic mass is 9.79. The molecule has 2 rings (SSSR count). The summed E-state index contributed by atoms with van der Waals surface area (Å²) in [4.78, 5) is 0. The van der Waals surface area contributed by atoms with Crippen molar-refractivity contribution in [3.8, 4) is 0 Å². The van der Waals surface area contributed by atoms with E-state index in [4.69, 9.17) is 4.74 Å². The van der Waals surface area contributed by atoms with Crippen LogP contribution in [0.2, 0.25) is 0 Å². The Labute approximate surface area is 120 Å². The Hall–Kier alpha value is 0.620. The van der Waals surface area contributed by atoms with E-state index >= 15 is 0 Å². The summed E-state index contributed by atoms with van der Waals surface area (Å²) in [7, 11) is 0. The fraction of sp³-hybridized carbons (Fsp3) is 1.00. The highest BCUT2D eigenvalue weighted by Gasteiger charge is 2.40. The van der Waals surface area contributed by atoms with E-state index in [1.54, 1.807) is 0 Å². The van der Waals surface area contributed by atoms with Crippen molar-refractivity contribution in [2.24, 2.45) is 5.92 Å². The highest BCUT2D eigenvalue weighted by atomic mass is 32.2. The van der Waals surface area contributed by atoms with Gasteiger partial charge in [0.25, 0.3) is 0 Å². The molecule has 2 unspecified atom stereocenters. The fourth-order valence-electron chi connectivity index (χ4n) is 3.30. The standard InChI is InChI=1S/C14H27NOS2/c1-3-15-13(11-17-2)12-4-7-16-14(10-12)5-8-18-9-6-14/h12-13,15H,3-11H2,1-2H3. The summed E-state index contributed by atoms with van der Waals surface area (Å²) in [5, 5.41) is 3.69. The Morgan fingerprint density at radius 1 is 1.44 bits per heavy atom. The number of nitrogens with one attached hydrogen (secondary N) is 1. The number of thioether (sulfide) groups is 2. The summed E-state index contributed by atoms with van der Waals surface area (Å²) < 4.78 is 6.20. The van der Waals surface area contributed by atoms with Gasteiger partial charge in [0.1, 0.15) is 0 Å². The van der Waals surface area contributed by atoms with Crippen molar-refractivity contribution >= 4 is 23.5 Å². The Morgan fingerprint density at radius 3 is 2.89 bits per heavy atom. The van der Waals surface area contributed by atoms with Gasteiger partial charge in [-0.05, 0) is 55.9 Å². The van der Waals surface area contributed by atoms with Gasteiger partial charge >= 0.3 is 0 Å². The molecule has 0 aliphatic carbocycles. The quantitative estimate of drug-likeness (QED) is 0.839. The first kappa shape index (κ1) is 15.0. The number of hydrogen-bond acceptors (Lipinski definition) is 4. The lowest BCUT2D eigenvalue weighted by Gasteiger charge is -2.45. The number of rotatable bonds is 5. The van der Waals surface area contributed by atoms with E-state index in [0.29, 0.717) is 6.04 Å². The average molecular weight is 290 g/mol. The second-order valence-corrected chi connectivity index (χ2v) is 7.65. The Balaban J connectivity index is 1.95. The molecule has 0 aromatic carbocycles. The number of hydrogen-bond donors (Lipinski definition) is 1. The van der Waals surface area contributed by atoms with Gasteiger partial charge in [0.15, 0.2) is 0 Å². The zero-order chi connectivity index (χ0) is 12.8. The van der Waals surface area contributed by atoms with Crippen molar-refractivity contribution in [3.63, 3.8) is 0 Å². The zero-order valence-corrected chi connectivity index (χ0v) is 13.4. The van der Waals surface area contributed by atoms with Crippen molar-refractivity contribution in [2.75, 3.05) is 36.7 Å². The molecular formula is C14H27NOS2. The Bertz CT molecular complexity index is 232. The molecule has 0 saturated carbocycles. The van der Waals surface area contributed by atoms with Gasteiger partial charge in [-0.3, -0.25) is 0 Å². The van der Waals surface area contributed by atoms with Crippen LogP contribution in [0.4, 0.5) is 0 Å². The summed E-state index contributed by atoms with van der Waals surface area (Å²) in [5.41, 5.74) is 0.236. The van der Waals surface area contributed by atoms with E-state index < -0.39 is 0 Å². The van der Waals surface area contributed by atoms with Gasteiger partial charge in [-0.15, -0.1) is 0 Å². The maximum absolute atomic E-state index is 6.20. The average Bonchev–Trinajstić information content (AvgIpc) is 2.39. The summed E-state index contributed by atoms with van der Waals surface area (Å²) >= 11 is 4.06. The predicted molar refractivity (Wildman–Crippen MR) is 83.8 cm³/mol. The van der Waals surface area contributed by atoms with Crippen molar-refractivity contribution in [1.29, 1.82) is 0 Å². The lowest BCUT2D eigenvalue weighted by Crippen LogP contribution is -2.49. The Kier molecular flexibility index (Phi) is 6.19. The molecule has 2 aliphatic heterocycles. The van der Waals surface area contributed by atoms with E-state index in [2.05, 4.69) is 30.3 Å². The van der Waals surface area contributed by atoms with Crippen LogP contribution in [0, 0.1) is 5.92 Å². The van der Waals surface area contributed by atoms with E-state index in [1.807, 2.05) is 11.8 Å². The van der Waals surface area contributed by atoms with Crippen LogP contribution in [0.3, 0.4) is 0 Å². The van der Waals surface area contributed by atoms with Crippen LogP contribution in [-0.2, 0) is 4.74 Å². The highest BCUT2D eigenvalue weighted by molar-refractivity contribution is 7.99. The van der Waals surface area contributed by atoms with Crippen molar-refractivity contribution in [2.45, 2.75) is 44.2 Å². The summed E-state index contributed by atoms with van der Waals surface area (Å²) in [6.45, 7) is 4.29. The molecule has 0 bridgehead atoms. The molecular weight excluding hydrogens is 262 g/mol. The summed E-state index contributed by atoms with van der Waals surface area (Å²) in [6, 6.07) is 0.681. The molecule has 2 atom stereocenters. The van der Waals surface area contributed by atoms with E-state index in [1.165, 1.54) is 42.9 Å². The Morgan fingerprint density at radius 2 is 2.22 bits per heavy atom. The molecule has 18 heavy (non-hydrogen) atoms. The SMILES string of the molecule is CCNC(CSC)C1CCOC2(CCSCC2)C1. The molecule has 2 aliphatic rings. The monoisotopic (exact) mass is 289 g/mol. The second kappa shape index (κ2) is 7.41. The molecule has 0 radical (unpaired) electrons. The minimum atomic E-state index is 0.236. The van der Waals surface area contributed by atoms with Crippen molar-refractivity contribution in [1.82, 2.24) is 5.32 Å². The van der Waals surface area contributed by atoms with Gasteiger partial charge in [0.2, 0.25) is 0 Å². The summed E-state index contributed by atoms with van der Waals surface area (Å²) in [6.07, 6.45) is 7.29. The first-order chi connectivity index (χ1) is 8.79. The molecule has 106 valence electrons. The molecule has 1 N–H and O–H groups in total. The third-order valence-corrected chi connectivity index (χ3v) is 5.99. The number of ether oxygens (including phenoxy) is 1. The van der Waals surface area contributed by atoms with Crippen molar-refractivity contribution < 1.29 is 4.74 Å². The minimum Gasteiger partial charge on any atom is -0.375 e. The lowest BCUT2D eigenvalue weighted by molar-refractivity contribution is -0.106. The van der Waals surface area contributed by atoms with Gasteiger partial charge < -0.3 is 10.1 Å². The minimum absolute atomic E-state index is 0.236. The predicted octanol–water partition coefficient (Wildman–Crippen LogP) is 3.02. The molecule has 2 saturated heterocycles. The molecule has 4 heteroatoms. The van der Waals surface area contributed by atoms with E-state index in [9.17, 15) is 0 Å². The van der Waals surface area contributed by atoms with Crippen LogP contribution < -0.4 is 5.32 Å². The van der Waals surface area contributed by atoms with E-state index in [0.717, 1.165) is 19.1 Å². The molecule has 2 fully saturated rings. The molecule has 2 heterocycles.